The lowest BCUT2D eigenvalue weighted by Crippen LogP contribution is -2.29. The van der Waals surface area contributed by atoms with Gasteiger partial charge in [-0.25, -0.2) is 0 Å². The average Bonchev–Trinajstić information content (AvgIpc) is 2.87. The predicted molar refractivity (Wildman–Crippen MR) is 87.4 cm³/mol. The molecule has 0 spiro atoms. The summed E-state index contributed by atoms with van der Waals surface area (Å²) in [5, 5.41) is 19.7. The zero-order chi connectivity index (χ0) is 15.5. The molecule has 0 fully saturated rings. The first-order valence-electron chi connectivity index (χ1n) is 7.30. The van der Waals surface area contributed by atoms with Gasteiger partial charge in [-0.3, -0.25) is 0 Å². The van der Waals surface area contributed by atoms with Crippen LogP contribution in [0.5, 0.6) is 0 Å². The third kappa shape index (κ3) is 3.66. The Labute approximate surface area is 130 Å². The molecule has 0 bridgehead atoms. The molecule has 2 rings (SSSR count). The lowest BCUT2D eigenvalue weighted by atomic mass is 10.0. The summed E-state index contributed by atoms with van der Waals surface area (Å²) in [6.07, 6.45) is 1.50. The molecule has 0 aliphatic heterocycles. The van der Waals surface area contributed by atoms with E-state index in [9.17, 15) is 5.11 Å². The van der Waals surface area contributed by atoms with Gasteiger partial charge in [-0.2, -0.15) is 0 Å². The minimum Gasteiger partial charge on any atom is -0.389 e. The molecule has 0 aliphatic carbocycles. The van der Waals surface area contributed by atoms with E-state index in [0.717, 1.165) is 29.4 Å². The number of aryl methyl sites for hydroxylation is 1. The van der Waals surface area contributed by atoms with Crippen molar-refractivity contribution in [2.45, 2.75) is 44.4 Å². The topological polar surface area (TPSA) is 50.9 Å². The molecule has 1 aromatic heterocycles. The summed E-state index contributed by atoms with van der Waals surface area (Å²) in [5.41, 5.74) is 1.66. The van der Waals surface area contributed by atoms with Crippen LogP contribution in [-0.4, -0.2) is 31.2 Å². The number of aliphatic hydroxyl groups is 1. The van der Waals surface area contributed by atoms with Crippen molar-refractivity contribution in [2.75, 3.05) is 5.75 Å². The third-order valence-electron chi connectivity index (χ3n) is 3.93. The Morgan fingerprint density at radius 1 is 1.14 bits per heavy atom. The summed E-state index contributed by atoms with van der Waals surface area (Å²) in [7, 11) is 1.97. The fourth-order valence-corrected chi connectivity index (χ4v) is 3.23. The smallest absolute Gasteiger partial charge is 0.191 e. The highest BCUT2D eigenvalue weighted by Crippen LogP contribution is 2.27. The van der Waals surface area contributed by atoms with Crippen LogP contribution >= 0.6 is 11.8 Å². The quantitative estimate of drug-likeness (QED) is 0.831. The number of hydrogen-bond donors (Lipinski definition) is 1. The van der Waals surface area contributed by atoms with E-state index in [2.05, 4.69) is 41.4 Å². The van der Waals surface area contributed by atoms with Crippen molar-refractivity contribution in [3.05, 3.63) is 29.8 Å². The van der Waals surface area contributed by atoms with Crippen LogP contribution in [0.1, 0.15) is 32.3 Å². The van der Waals surface area contributed by atoms with Gasteiger partial charge in [-0.1, -0.05) is 55.4 Å². The van der Waals surface area contributed by atoms with E-state index in [4.69, 9.17) is 0 Å². The van der Waals surface area contributed by atoms with Crippen LogP contribution < -0.4 is 0 Å². The molecule has 114 valence electrons. The summed E-state index contributed by atoms with van der Waals surface area (Å²) >= 11 is 1.56. The van der Waals surface area contributed by atoms with Gasteiger partial charge in [0.2, 0.25) is 0 Å². The van der Waals surface area contributed by atoms with E-state index >= 15 is 0 Å². The van der Waals surface area contributed by atoms with Crippen molar-refractivity contribution in [3.63, 3.8) is 0 Å². The van der Waals surface area contributed by atoms with Crippen LogP contribution in [0.15, 0.2) is 29.4 Å². The van der Waals surface area contributed by atoms with Gasteiger partial charge in [-0.05, 0) is 19.8 Å². The molecule has 1 N–H and O–H groups in total. The highest BCUT2D eigenvalue weighted by molar-refractivity contribution is 7.99. The second-order valence-corrected chi connectivity index (χ2v) is 6.39. The number of rotatable bonds is 6. The maximum atomic E-state index is 10.4. The monoisotopic (exact) mass is 305 g/mol. The van der Waals surface area contributed by atoms with Gasteiger partial charge in [0.05, 0.1) is 5.60 Å². The van der Waals surface area contributed by atoms with Gasteiger partial charge >= 0.3 is 0 Å². The number of hydrogen-bond acceptors (Lipinski definition) is 4. The van der Waals surface area contributed by atoms with E-state index in [1.165, 1.54) is 5.56 Å². The van der Waals surface area contributed by atoms with Crippen LogP contribution in [0, 0.1) is 6.92 Å². The number of benzene rings is 1. The minimum absolute atomic E-state index is 0.624. The first-order valence-corrected chi connectivity index (χ1v) is 8.29. The molecule has 0 saturated heterocycles. The molecule has 5 heteroatoms. The molecule has 1 heterocycles. The fraction of sp³-hybridized carbons (Fsp3) is 0.500. The van der Waals surface area contributed by atoms with Gasteiger partial charge in [0.15, 0.2) is 11.0 Å². The van der Waals surface area contributed by atoms with E-state index < -0.39 is 5.60 Å². The average molecular weight is 305 g/mol. The second kappa shape index (κ2) is 6.62. The zero-order valence-electron chi connectivity index (χ0n) is 13.1. The molecular weight excluding hydrogens is 282 g/mol. The van der Waals surface area contributed by atoms with Crippen molar-refractivity contribution >= 4 is 11.8 Å². The highest BCUT2D eigenvalue weighted by atomic mass is 32.2. The third-order valence-corrected chi connectivity index (χ3v) is 5.23. The molecule has 0 radical (unpaired) electrons. The van der Waals surface area contributed by atoms with Crippen molar-refractivity contribution in [1.29, 1.82) is 0 Å². The predicted octanol–water partition coefficient (Wildman–Crippen LogP) is 3.43. The van der Waals surface area contributed by atoms with Crippen LogP contribution in [0.2, 0.25) is 0 Å². The lowest BCUT2D eigenvalue weighted by molar-refractivity contribution is 0.0571. The van der Waals surface area contributed by atoms with Crippen molar-refractivity contribution in [1.82, 2.24) is 14.8 Å². The Morgan fingerprint density at radius 3 is 2.33 bits per heavy atom. The largest absolute Gasteiger partial charge is 0.389 e. The van der Waals surface area contributed by atoms with Crippen molar-refractivity contribution < 1.29 is 5.11 Å². The normalized spacial score (nSPS) is 11.9. The Morgan fingerprint density at radius 2 is 1.76 bits per heavy atom. The minimum atomic E-state index is -0.624. The standard InChI is InChI=1S/C16H23N3OS/c1-5-16(20,6-2)11-21-15-18-17-14(19(15)4)13-9-7-12(3)8-10-13/h7-10,20H,5-6,11H2,1-4H3. The van der Waals surface area contributed by atoms with Gasteiger partial charge in [0, 0.05) is 18.4 Å². The van der Waals surface area contributed by atoms with Gasteiger partial charge in [-0.15, -0.1) is 10.2 Å². The van der Waals surface area contributed by atoms with Gasteiger partial charge in [0.1, 0.15) is 0 Å². The second-order valence-electron chi connectivity index (χ2n) is 5.45. The summed E-state index contributed by atoms with van der Waals surface area (Å²) in [5.74, 6) is 1.49. The van der Waals surface area contributed by atoms with E-state index in [0.29, 0.717) is 5.75 Å². The maximum Gasteiger partial charge on any atom is 0.191 e. The SMILES string of the molecule is CCC(O)(CC)CSc1nnc(-c2ccc(C)cc2)n1C. The summed E-state index contributed by atoms with van der Waals surface area (Å²) < 4.78 is 1.99. The number of aromatic nitrogens is 3. The lowest BCUT2D eigenvalue weighted by Gasteiger charge is -2.24. The van der Waals surface area contributed by atoms with Gasteiger partial charge in [0.25, 0.3) is 0 Å². The first-order chi connectivity index (χ1) is 9.99. The Kier molecular flexibility index (Phi) is 5.06. The van der Waals surface area contributed by atoms with Gasteiger partial charge < -0.3 is 9.67 Å². The summed E-state index contributed by atoms with van der Waals surface area (Å²) in [6, 6.07) is 8.26. The molecule has 0 saturated carbocycles. The maximum absolute atomic E-state index is 10.4. The molecule has 0 aliphatic rings. The Hall–Kier alpha value is -1.33. The molecule has 0 atom stereocenters. The molecule has 2 aromatic rings. The summed E-state index contributed by atoms with van der Waals surface area (Å²) in [4.78, 5) is 0. The van der Waals surface area contributed by atoms with E-state index in [1.54, 1.807) is 11.8 Å². The van der Waals surface area contributed by atoms with Crippen LogP contribution in [0.4, 0.5) is 0 Å². The molecule has 1 aromatic carbocycles. The Balaban J connectivity index is 2.15. The molecule has 4 nitrogen and oxygen atoms in total. The Bertz CT molecular complexity index is 588. The van der Waals surface area contributed by atoms with Crippen LogP contribution in [-0.2, 0) is 7.05 Å². The van der Waals surface area contributed by atoms with Crippen LogP contribution in [0.25, 0.3) is 11.4 Å². The summed E-state index contributed by atoms with van der Waals surface area (Å²) in [6.45, 7) is 6.09. The highest BCUT2D eigenvalue weighted by Gasteiger charge is 2.23. The van der Waals surface area contributed by atoms with Crippen molar-refractivity contribution in [3.8, 4) is 11.4 Å². The molecular formula is C16H23N3OS. The first kappa shape index (κ1) is 16.0. The molecule has 0 unspecified atom stereocenters. The number of thioether (sulfide) groups is 1. The number of nitrogens with zero attached hydrogens (tertiary/aromatic N) is 3. The fourth-order valence-electron chi connectivity index (χ4n) is 2.05. The van der Waals surface area contributed by atoms with Crippen LogP contribution in [0.3, 0.4) is 0 Å². The van der Waals surface area contributed by atoms with E-state index in [-0.39, 0.29) is 0 Å². The molecule has 21 heavy (non-hydrogen) atoms. The van der Waals surface area contributed by atoms with Crippen molar-refractivity contribution in [2.24, 2.45) is 7.05 Å². The van der Waals surface area contributed by atoms with E-state index in [1.807, 2.05) is 25.5 Å². The zero-order valence-corrected chi connectivity index (χ0v) is 13.9. The molecule has 0 amide bonds.